The maximum absolute atomic E-state index is 12.2. The summed E-state index contributed by atoms with van der Waals surface area (Å²) in [6.45, 7) is -0.396. The number of fused-ring (bicyclic) bond motifs is 2. The Bertz CT molecular complexity index is 1210. The first kappa shape index (κ1) is 20.1. The van der Waals surface area contributed by atoms with Gasteiger partial charge in [0.25, 0.3) is 11.7 Å². The number of hydrogen-bond donors (Lipinski definition) is 1. The average Bonchev–Trinajstić information content (AvgIpc) is 3.41. The van der Waals surface area contributed by atoms with Crippen molar-refractivity contribution in [3.8, 4) is 11.5 Å². The van der Waals surface area contributed by atoms with Gasteiger partial charge in [-0.15, -0.1) is 0 Å². The minimum atomic E-state index is -0.621. The summed E-state index contributed by atoms with van der Waals surface area (Å²) in [5.74, 6) is -0.308. The van der Waals surface area contributed by atoms with Crippen molar-refractivity contribution < 1.29 is 23.8 Å². The molecular weight excluding hydrogens is 408 g/mol. The number of pyridine rings is 1. The fourth-order valence-electron chi connectivity index (χ4n) is 4.00. The fraction of sp³-hybridized carbons (Fsp3) is 0.240. The lowest BCUT2D eigenvalue weighted by Crippen LogP contribution is -2.34. The number of para-hydroxylation sites is 1. The number of carbonyl (C=O) groups excluding carboxylic acids is 2. The maximum Gasteiger partial charge on any atom is 0.331 e. The van der Waals surface area contributed by atoms with E-state index < -0.39 is 24.3 Å². The van der Waals surface area contributed by atoms with Crippen LogP contribution in [0.1, 0.15) is 31.4 Å². The van der Waals surface area contributed by atoms with Crippen LogP contribution in [-0.4, -0.2) is 29.3 Å². The average molecular weight is 430 g/mol. The number of rotatable bonds is 5. The lowest BCUT2D eigenvalue weighted by molar-refractivity contribution is -0.142. The molecule has 1 spiro atoms. The number of benzene rings is 2. The highest BCUT2D eigenvalue weighted by atomic mass is 16.7. The van der Waals surface area contributed by atoms with E-state index in [1.165, 1.54) is 6.08 Å². The summed E-state index contributed by atoms with van der Waals surface area (Å²) in [4.78, 5) is 28.6. The van der Waals surface area contributed by atoms with Crippen LogP contribution in [0.3, 0.4) is 0 Å². The first-order chi connectivity index (χ1) is 15.6. The fourth-order valence-corrected chi connectivity index (χ4v) is 4.00. The molecule has 1 amide bonds. The van der Waals surface area contributed by atoms with E-state index in [-0.39, 0.29) is 0 Å². The molecule has 1 fully saturated rings. The summed E-state index contributed by atoms with van der Waals surface area (Å²) in [6.07, 6.45) is 6.70. The standard InChI is InChI=1S/C25H22N2O5/c28-23(27-19-9-11-21-22(15-19)32-25(31-21)13-3-4-14-25)16-30-24(29)12-10-18-8-7-17-5-1-2-6-20(17)26-18/h1-2,5-12,15H,3-4,13-14,16H2,(H,27,28)/b12-10+. The van der Waals surface area contributed by atoms with Gasteiger partial charge in [0.05, 0.1) is 11.2 Å². The van der Waals surface area contributed by atoms with Crippen molar-refractivity contribution in [2.24, 2.45) is 0 Å². The van der Waals surface area contributed by atoms with Crippen LogP contribution >= 0.6 is 0 Å². The van der Waals surface area contributed by atoms with Gasteiger partial charge in [-0.25, -0.2) is 9.78 Å². The van der Waals surface area contributed by atoms with Gasteiger partial charge in [0.2, 0.25) is 0 Å². The quantitative estimate of drug-likeness (QED) is 0.475. The molecule has 0 atom stereocenters. The number of nitrogens with one attached hydrogen (secondary N) is 1. The zero-order chi connectivity index (χ0) is 22.0. The molecule has 1 aromatic heterocycles. The molecule has 0 bridgehead atoms. The number of hydrogen-bond acceptors (Lipinski definition) is 6. The number of ether oxygens (including phenoxy) is 3. The number of esters is 1. The molecule has 2 heterocycles. The molecule has 2 aliphatic rings. The van der Waals surface area contributed by atoms with Crippen molar-refractivity contribution in [3.05, 3.63) is 66.4 Å². The predicted octanol–water partition coefficient (Wildman–Crippen LogP) is 4.47. The van der Waals surface area contributed by atoms with Crippen molar-refractivity contribution >= 4 is 34.5 Å². The predicted molar refractivity (Wildman–Crippen MR) is 119 cm³/mol. The van der Waals surface area contributed by atoms with Crippen molar-refractivity contribution in [1.82, 2.24) is 4.98 Å². The van der Waals surface area contributed by atoms with Gasteiger partial charge in [0.15, 0.2) is 18.1 Å². The zero-order valence-corrected chi connectivity index (χ0v) is 17.4. The van der Waals surface area contributed by atoms with Crippen LogP contribution in [0.5, 0.6) is 11.5 Å². The Morgan fingerprint density at radius 3 is 2.72 bits per heavy atom. The molecule has 162 valence electrons. The van der Waals surface area contributed by atoms with Gasteiger partial charge >= 0.3 is 5.97 Å². The summed E-state index contributed by atoms with van der Waals surface area (Å²) in [5, 5.41) is 3.73. The molecule has 1 aliphatic heterocycles. The molecular formula is C25H22N2O5. The molecule has 1 N–H and O–H groups in total. The Kier molecular flexibility index (Phi) is 5.23. The summed E-state index contributed by atoms with van der Waals surface area (Å²) < 4.78 is 17.0. The minimum absolute atomic E-state index is 0.396. The first-order valence-corrected chi connectivity index (χ1v) is 10.6. The van der Waals surface area contributed by atoms with E-state index in [0.29, 0.717) is 22.9 Å². The lowest BCUT2D eigenvalue weighted by Gasteiger charge is -2.21. The largest absolute Gasteiger partial charge is 0.452 e. The summed E-state index contributed by atoms with van der Waals surface area (Å²) in [6, 6.07) is 16.7. The molecule has 5 rings (SSSR count). The topological polar surface area (TPSA) is 86.8 Å². The van der Waals surface area contributed by atoms with E-state index in [1.54, 1.807) is 24.3 Å². The molecule has 3 aromatic rings. The molecule has 0 radical (unpaired) electrons. The minimum Gasteiger partial charge on any atom is -0.452 e. The highest BCUT2D eigenvalue weighted by Gasteiger charge is 2.44. The summed E-state index contributed by atoms with van der Waals surface area (Å²) in [7, 11) is 0. The van der Waals surface area contributed by atoms with E-state index in [1.807, 2.05) is 36.4 Å². The molecule has 0 saturated heterocycles. The second kappa shape index (κ2) is 8.34. The third kappa shape index (κ3) is 4.27. The molecule has 1 aliphatic carbocycles. The molecule has 7 nitrogen and oxygen atoms in total. The van der Waals surface area contributed by atoms with Crippen LogP contribution < -0.4 is 14.8 Å². The molecule has 2 aromatic carbocycles. The second-order valence-corrected chi connectivity index (χ2v) is 7.90. The number of nitrogens with zero attached hydrogens (tertiary/aromatic N) is 1. The number of anilines is 1. The highest BCUT2D eigenvalue weighted by Crippen LogP contribution is 2.47. The number of carbonyl (C=O) groups is 2. The van der Waals surface area contributed by atoms with Crippen LogP contribution in [0, 0.1) is 0 Å². The third-order valence-corrected chi connectivity index (χ3v) is 5.54. The van der Waals surface area contributed by atoms with Crippen LogP contribution in [0.4, 0.5) is 5.69 Å². The van der Waals surface area contributed by atoms with Gasteiger partial charge in [-0.2, -0.15) is 0 Å². The molecule has 0 unspecified atom stereocenters. The zero-order valence-electron chi connectivity index (χ0n) is 17.4. The lowest BCUT2D eigenvalue weighted by atomic mass is 10.2. The van der Waals surface area contributed by atoms with Gasteiger partial charge < -0.3 is 19.5 Å². The second-order valence-electron chi connectivity index (χ2n) is 7.90. The van der Waals surface area contributed by atoms with Gasteiger partial charge in [0, 0.05) is 36.1 Å². The Labute approximate surface area is 185 Å². The van der Waals surface area contributed by atoms with Crippen molar-refractivity contribution in [1.29, 1.82) is 0 Å². The van der Waals surface area contributed by atoms with Crippen molar-refractivity contribution in [2.45, 2.75) is 31.5 Å². The van der Waals surface area contributed by atoms with E-state index in [9.17, 15) is 9.59 Å². The van der Waals surface area contributed by atoms with Crippen LogP contribution in [0.15, 0.2) is 60.7 Å². The van der Waals surface area contributed by atoms with Crippen molar-refractivity contribution in [2.75, 3.05) is 11.9 Å². The monoisotopic (exact) mass is 430 g/mol. The molecule has 32 heavy (non-hydrogen) atoms. The van der Waals surface area contributed by atoms with Gasteiger partial charge in [-0.1, -0.05) is 24.3 Å². The van der Waals surface area contributed by atoms with Crippen LogP contribution in [-0.2, 0) is 14.3 Å². The van der Waals surface area contributed by atoms with E-state index in [0.717, 1.165) is 36.6 Å². The number of amides is 1. The maximum atomic E-state index is 12.2. The Balaban J connectivity index is 1.13. The van der Waals surface area contributed by atoms with Gasteiger partial charge in [-0.05, 0) is 43.2 Å². The number of aromatic nitrogens is 1. The summed E-state index contributed by atoms with van der Waals surface area (Å²) >= 11 is 0. The van der Waals surface area contributed by atoms with Gasteiger partial charge in [0.1, 0.15) is 0 Å². The van der Waals surface area contributed by atoms with Gasteiger partial charge in [-0.3, -0.25) is 4.79 Å². The van der Waals surface area contributed by atoms with Crippen molar-refractivity contribution in [3.63, 3.8) is 0 Å². The first-order valence-electron chi connectivity index (χ1n) is 10.6. The van der Waals surface area contributed by atoms with E-state index >= 15 is 0 Å². The van der Waals surface area contributed by atoms with Crippen LogP contribution in [0.25, 0.3) is 17.0 Å². The Hall–Kier alpha value is -3.87. The smallest absolute Gasteiger partial charge is 0.331 e. The Morgan fingerprint density at radius 2 is 1.84 bits per heavy atom. The van der Waals surface area contributed by atoms with Crippen LogP contribution in [0.2, 0.25) is 0 Å². The Morgan fingerprint density at radius 1 is 1.03 bits per heavy atom. The normalized spacial score (nSPS) is 16.0. The highest BCUT2D eigenvalue weighted by molar-refractivity contribution is 5.95. The molecule has 1 saturated carbocycles. The SMILES string of the molecule is O=C(COC(=O)/C=C/c1ccc2ccccc2n1)Nc1ccc2c(c1)OC1(CCCC1)O2. The van der Waals surface area contributed by atoms with E-state index in [4.69, 9.17) is 14.2 Å². The van der Waals surface area contributed by atoms with E-state index in [2.05, 4.69) is 10.3 Å². The summed E-state index contributed by atoms with van der Waals surface area (Å²) in [5.41, 5.74) is 2.02. The third-order valence-electron chi connectivity index (χ3n) is 5.54. The molecule has 7 heteroatoms.